The molecule has 0 aliphatic heterocycles. The van der Waals surface area contributed by atoms with Crippen molar-refractivity contribution in [3.8, 4) is 0 Å². The van der Waals surface area contributed by atoms with E-state index in [9.17, 15) is 21.6 Å². The van der Waals surface area contributed by atoms with Gasteiger partial charge in [0.2, 0.25) is 0 Å². The lowest BCUT2D eigenvalue weighted by molar-refractivity contribution is 0.449. The van der Waals surface area contributed by atoms with E-state index in [0.29, 0.717) is 16.5 Å². The van der Waals surface area contributed by atoms with Gasteiger partial charge in [0, 0.05) is 11.4 Å². The van der Waals surface area contributed by atoms with Crippen LogP contribution in [0.3, 0.4) is 0 Å². The van der Waals surface area contributed by atoms with Crippen LogP contribution in [-0.2, 0) is 16.6 Å². The summed E-state index contributed by atoms with van der Waals surface area (Å²) < 4.78 is 65.4. The van der Waals surface area contributed by atoms with Crippen LogP contribution in [0.5, 0.6) is 0 Å². The minimum Gasteiger partial charge on any atom is -0.326 e. The van der Waals surface area contributed by atoms with Crippen molar-refractivity contribution in [2.45, 2.75) is 17.7 Å². The van der Waals surface area contributed by atoms with Crippen molar-refractivity contribution >= 4 is 27.0 Å². The number of nitrogens with two attached hydrogens (primary N) is 1. The zero-order valence-electron chi connectivity index (χ0n) is 10.8. The van der Waals surface area contributed by atoms with Gasteiger partial charge in [-0.1, -0.05) is 0 Å². The highest BCUT2D eigenvalue weighted by Gasteiger charge is 2.22. The van der Waals surface area contributed by atoms with Crippen LogP contribution in [-0.4, -0.2) is 8.42 Å². The molecule has 0 aliphatic carbocycles. The number of sulfonamides is 1. The highest BCUT2D eigenvalue weighted by atomic mass is 32.2. The molecule has 2 rings (SSSR count). The van der Waals surface area contributed by atoms with E-state index >= 15 is 0 Å². The van der Waals surface area contributed by atoms with Gasteiger partial charge in [-0.2, -0.15) is 0 Å². The molecule has 0 radical (unpaired) electrons. The molecule has 1 aromatic heterocycles. The number of anilines is 1. The van der Waals surface area contributed by atoms with E-state index in [1.807, 2.05) is 4.72 Å². The summed E-state index contributed by atoms with van der Waals surface area (Å²) in [5.74, 6) is -4.72. The van der Waals surface area contributed by atoms with Crippen molar-refractivity contribution in [3.05, 3.63) is 46.1 Å². The zero-order chi connectivity index (χ0) is 15.8. The lowest BCUT2D eigenvalue weighted by atomic mass is 10.3. The fourth-order valence-electron chi connectivity index (χ4n) is 1.62. The molecule has 1 aromatic carbocycles. The van der Waals surface area contributed by atoms with Crippen molar-refractivity contribution in [1.82, 2.24) is 0 Å². The Bertz CT molecular complexity index is 788. The maximum Gasteiger partial charge on any atom is 0.271 e. The summed E-state index contributed by atoms with van der Waals surface area (Å²) in [6.07, 6.45) is 0. The van der Waals surface area contributed by atoms with Crippen LogP contribution in [0.2, 0.25) is 0 Å². The Morgan fingerprint density at radius 1 is 1.24 bits per heavy atom. The Labute approximate surface area is 123 Å². The molecule has 4 nitrogen and oxygen atoms in total. The first-order valence-corrected chi connectivity index (χ1v) is 8.02. The lowest BCUT2D eigenvalue weighted by Gasteiger charge is -2.08. The van der Waals surface area contributed by atoms with Gasteiger partial charge in [-0.25, -0.2) is 21.6 Å². The second kappa shape index (κ2) is 5.66. The fourth-order valence-corrected chi connectivity index (χ4v) is 4.15. The molecule has 0 bridgehead atoms. The maximum absolute atomic E-state index is 13.5. The topological polar surface area (TPSA) is 72.2 Å². The predicted molar refractivity (Wildman–Crippen MR) is 74.1 cm³/mol. The molecule has 21 heavy (non-hydrogen) atoms. The summed E-state index contributed by atoms with van der Waals surface area (Å²) in [6.45, 7) is 1.86. The second-order valence-corrected chi connectivity index (χ2v) is 7.25. The van der Waals surface area contributed by atoms with Crippen LogP contribution in [0.15, 0.2) is 22.4 Å². The number of benzene rings is 1. The average Bonchev–Trinajstić information content (AvgIpc) is 2.81. The number of thiophene rings is 1. The van der Waals surface area contributed by atoms with E-state index in [2.05, 4.69) is 0 Å². The Morgan fingerprint density at radius 2 is 1.90 bits per heavy atom. The highest BCUT2D eigenvalue weighted by Crippen LogP contribution is 2.28. The Balaban J connectivity index is 2.40. The van der Waals surface area contributed by atoms with Crippen molar-refractivity contribution in [3.63, 3.8) is 0 Å². The molecule has 0 amide bonds. The van der Waals surface area contributed by atoms with Crippen LogP contribution in [0.4, 0.5) is 18.9 Å². The zero-order valence-corrected chi connectivity index (χ0v) is 12.4. The summed E-state index contributed by atoms with van der Waals surface area (Å²) in [5.41, 5.74) is 5.49. The van der Waals surface area contributed by atoms with Gasteiger partial charge >= 0.3 is 0 Å². The monoisotopic (exact) mass is 336 g/mol. The summed E-state index contributed by atoms with van der Waals surface area (Å²) in [4.78, 5) is 0.668. The van der Waals surface area contributed by atoms with Gasteiger partial charge in [-0.3, -0.25) is 4.72 Å². The molecule has 114 valence electrons. The standard InChI is InChI=1S/C12H11F3N2O2S2/c1-6-4-10(20-9(6)5-16)21(18,19)17-8-3-2-7(13)11(14)12(8)15/h2-4,17H,5,16H2,1H3. The Hall–Kier alpha value is -1.58. The molecule has 3 N–H and O–H groups in total. The van der Waals surface area contributed by atoms with E-state index in [4.69, 9.17) is 5.73 Å². The highest BCUT2D eigenvalue weighted by molar-refractivity contribution is 7.94. The number of halogens is 3. The predicted octanol–water partition coefficient (Wildman–Crippen LogP) is 2.73. The van der Waals surface area contributed by atoms with E-state index in [1.165, 1.54) is 6.07 Å². The number of nitrogens with one attached hydrogen (secondary N) is 1. The summed E-state index contributed by atoms with van der Waals surface area (Å²) in [6, 6.07) is 2.84. The summed E-state index contributed by atoms with van der Waals surface area (Å²) >= 11 is 0.933. The smallest absolute Gasteiger partial charge is 0.271 e. The third-order valence-corrected chi connectivity index (χ3v) is 5.83. The van der Waals surface area contributed by atoms with E-state index in [0.717, 1.165) is 17.4 Å². The van der Waals surface area contributed by atoms with Gasteiger partial charge in [-0.05, 0) is 30.7 Å². The first-order valence-electron chi connectivity index (χ1n) is 5.72. The van der Waals surface area contributed by atoms with Crippen molar-refractivity contribution in [1.29, 1.82) is 0 Å². The quantitative estimate of drug-likeness (QED) is 0.843. The van der Waals surface area contributed by atoms with E-state index in [1.54, 1.807) is 6.92 Å². The minimum atomic E-state index is -4.09. The van der Waals surface area contributed by atoms with Crippen LogP contribution in [0.1, 0.15) is 10.4 Å². The third-order valence-electron chi connectivity index (χ3n) is 2.73. The molecule has 9 heteroatoms. The van der Waals surface area contributed by atoms with Gasteiger partial charge in [0.15, 0.2) is 17.5 Å². The van der Waals surface area contributed by atoms with Gasteiger partial charge in [0.25, 0.3) is 10.0 Å². The molecule has 0 spiro atoms. The lowest BCUT2D eigenvalue weighted by Crippen LogP contribution is -2.13. The first kappa shape index (κ1) is 15.8. The number of hydrogen-bond acceptors (Lipinski definition) is 4. The van der Waals surface area contributed by atoms with Gasteiger partial charge in [-0.15, -0.1) is 11.3 Å². The van der Waals surface area contributed by atoms with Gasteiger partial charge in [0.1, 0.15) is 4.21 Å². The van der Waals surface area contributed by atoms with Crippen LogP contribution < -0.4 is 10.5 Å². The van der Waals surface area contributed by atoms with Crippen molar-refractivity contribution in [2.24, 2.45) is 5.73 Å². The van der Waals surface area contributed by atoms with Crippen LogP contribution in [0.25, 0.3) is 0 Å². The first-order chi connectivity index (χ1) is 9.76. The SMILES string of the molecule is Cc1cc(S(=O)(=O)Nc2ccc(F)c(F)c2F)sc1CN. The van der Waals surface area contributed by atoms with Gasteiger partial charge < -0.3 is 5.73 Å². The molecule has 2 aromatic rings. The Kier molecular flexibility index (Phi) is 4.26. The largest absolute Gasteiger partial charge is 0.326 e. The molecular formula is C12H11F3N2O2S2. The second-order valence-electron chi connectivity index (χ2n) is 4.20. The van der Waals surface area contributed by atoms with E-state index in [-0.39, 0.29) is 10.8 Å². The molecule has 0 saturated heterocycles. The van der Waals surface area contributed by atoms with Crippen molar-refractivity contribution in [2.75, 3.05) is 4.72 Å². The minimum absolute atomic E-state index is 0.0791. The van der Waals surface area contributed by atoms with Crippen LogP contribution in [0, 0.1) is 24.4 Å². The third kappa shape index (κ3) is 3.04. The average molecular weight is 336 g/mol. The van der Waals surface area contributed by atoms with Gasteiger partial charge in [0.05, 0.1) is 5.69 Å². The maximum atomic E-state index is 13.5. The fraction of sp³-hybridized carbons (Fsp3) is 0.167. The molecule has 0 atom stereocenters. The normalized spacial score (nSPS) is 11.7. The number of hydrogen-bond donors (Lipinski definition) is 2. The number of rotatable bonds is 4. The molecule has 1 heterocycles. The summed E-state index contributed by atoms with van der Waals surface area (Å²) in [7, 11) is -4.09. The molecule has 0 saturated carbocycles. The Morgan fingerprint density at radius 3 is 2.48 bits per heavy atom. The van der Waals surface area contributed by atoms with Crippen molar-refractivity contribution < 1.29 is 21.6 Å². The molecule has 0 unspecified atom stereocenters. The number of aryl methyl sites for hydroxylation is 1. The van der Waals surface area contributed by atoms with E-state index < -0.39 is 33.2 Å². The summed E-state index contributed by atoms with van der Waals surface area (Å²) in [5, 5.41) is 0. The van der Waals surface area contributed by atoms with Crippen LogP contribution >= 0.6 is 11.3 Å². The molecular weight excluding hydrogens is 325 g/mol. The molecule has 0 aliphatic rings. The molecule has 0 fully saturated rings.